The lowest BCUT2D eigenvalue weighted by molar-refractivity contribution is -0.132. The van der Waals surface area contributed by atoms with Crippen LogP contribution in [-0.2, 0) is 11.2 Å². The van der Waals surface area contributed by atoms with E-state index in [1.54, 1.807) is 18.2 Å². The van der Waals surface area contributed by atoms with Crippen molar-refractivity contribution in [1.29, 1.82) is 5.26 Å². The summed E-state index contributed by atoms with van der Waals surface area (Å²) in [7, 11) is 3.89. The molecule has 0 radical (unpaired) electrons. The van der Waals surface area contributed by atoms with Gasteiger partial charge in [-0.15, -0.1) is 0 Å². The van der Waals surface area contributed by atoms with E-state index in [4.69, 9.17) is 15.6 Å². The van der Waals surface area contributed by atoms with Crippen LogP contribution in [0, 0.1) is 11.3 Å². The molecular weight excluding hydrogens is 294 g/mol. The number of benzene rings is 1. The molecule has 1 aromatic carbocycles. The number of hydrogen-bond donors (Lipinski definition) is 2. The number of aliphatic carboxylic acids is 1. The lowest BCUT2D eigenvalue weighted by atomic mass is 10.1. The van der Waals surface area contributed by atoms with Crippen molar-refractivity contribution in [3.05, 3.63) is 53.3 Å². The maximum atomic E-state index is 11.0. The quantitative estimate of drug-likeness (QED) is 0.557. The minimum absolute atomic E-state index is 0.109. The lowest BCUT2D eigenvalue weighted by Crippen LogP contribution is -2.19. The van der Waals surface area contributed by atoms with Gasteiger partial charge in [-0.3, -0.25) is 0 Å². The van der Waals surface area contributed by atoms with Crippen molar-refractivity contribution in [1.82, 2.24) is 4.90 Å². The number of allylic oxidation sites excluding steroid dienone is 1. The first-order valence-corrected chi connectivity index (χ1v) is 7.10. The maximum absolute atomic E-state index is 11.0. The third-order valence-electron chi connectivity index (χ3n) is 3.04. The fraction of sp³-hybridized carbons (Fsp3) is 0.294. The van der Waals surface area contributed by atoms with Gasteiger partial charge in [-0.1, -0.05) is 12.1 Å². The number of likely N-dealkylation sites (N-methyl/N-ethyl adjacent to an activating group) is 1. The predicted octanol–water partition coefficient (Wildman–Crippen LogP) is 1.52. The summed E-state index contributed by atoms with van der Waals surface area (Å²) in [4.78, 5) is 13.0. The molecule has 0 atom stereocenters. The molecule has 0 aliphatic heterocycles. The van der Waals surface area contributed by atoms with Crippen molar-refractivity contribution in [3.63, 3.8) is 0 Å². The lowest BCUT2D eigenvalue weighted by Gasteiger charge is -2.12. The fourth-order valence-corrected chi connectivity index (χ4v) is 1.81. The highest BCUT2D eigenvalue weighted by Crippen LogP contribution is 2.20. The van der Waals surface area contributed by atoms with Crippen LogP contribution < -0.4 is 10.5 Å². The number of ether oxygens (including phenoxy) is 1. The van der Waals surface area contributed by atoms with E-state index in [2.05, 4.69) is 6.07 Å². The third-order valence-corrected chi connectivity index (χ3v) is 3.04. The van der Waals surface area contributed by atoms with Crippen LogP contribution in [0.5, 0.6) is 5.75 Å². The first kappa shape index (κ1) is 18.3. The molecule has 0 aliphatic carbocycles. The van der Waals surface area contributed by atoms with Gasteiger partial charge >= 0.3 is 5.97 Å². The zero-order valence-electron chi connectivity index (χ0n) is 13.3. The number of carboxylic acids is 1. The highest BCUT2D eigenvalue weighted by molar-refractivity contribution is 5.89. The average Bonchev–Trinajstić information content (AvgIpc) is 2.51. The molecule has 0 aromatic heterocycles. The van der Waals surface area contributed by atoms with Crippen LogP contribution in [0.25, 0.3) is 0 Å². The molecular formula is C17H21N3O3. The smallest absolute Gasteiger partial charge is 0.335 e. The topological polar surface area (TPSA) is 99.6 Å². The highest BCUT2D eigenvalue weighted by atomic mass is 16.5. The minimum Gasteiger partial charge on any atom is -0.491 e. The Kier molecular flexibility index (Phi) is 7.37. The van der Waals surface area contributed by atoms with Gasteiger partial charge in [0.1, 0.15) is 18.4 Å². The van der Waals surface area contributed by atoms with Crippen LogP contribution in [0.1, 0.15) is 11.1 Å². The van der Waals surface area contributed by atoms with Gasteiger partial charge in [0.25, 0.3) is 0 Å². The number of nitrogens with two attached hydrogens (primary N) is 1. The molecule has 0 unspecified atom stereocenters. The van der Waals surface area contributed by atoms with E-state index in [0.717, 1.165) is 12.1 Å². The van der Waals surface area contributed by atoms with Crippen molar-refractivity contribution in [2.45, 2.75) is 6.42 Å². The number of nitriles is 1. The van der Waals surface area contributed by atoms with Crippen molar-refractivity contribution in [3.8, 4) is 11.8 Å². The number of hydrogen-bond acceptors (Lipinski definition) is 5. The predicted molar refractivity (Wildman–Crippen MR) is 88.0 cm³/mol. The van der Waals surface area contributed by atoms with E-state index in [1.807, 2.05) is 25.1 Å². The second-order valence-corrected chi connectivity index (χ2v) is 5.12. The van der Waals surface area contributed by atoms with Crippen LogP contribution in [0.15, 0.2) is 42.1 Å². The standard InChI is InChI=1S/C17H21N3O3/c1-20(2)9-10-23-16-6-4-13(11-15(16)12-19)3-5-14(7-8-18)17(21)22/h4-8,11H,3,9-10,18H2,1-2H3,(H,21,22)/b8-7-,14-5+. The van der Waals surface area contributed by atoms with E-state index in [1.165, 1.54) is 12.3 Å². The Bertz CT molecular complexity index is 643. The molecule has 0 spiro atoms. The van der Waals surface area contributed by atoms with Gasteiger partial charge in [0.2, 0.25) is 0 Å². The molecule has 0 saturated carbocycles. The normalized spacial score (nSPS) is 11.7. The Labute approximate surface area is 136 Å². The highest BCUT2D eigenvalue weighted by Gasteiger charge is 2.06. The Morgan fingerprint density at radius 3 is 2.78 bits per heavy atom. The van der Waals surface area contributed by atoms with Gasteiger partial charge in [0.05, 0.1) is 11.1 Å². The van der Waals surface area contributed by atoms with Crippen LogP contribution in [0.2, 0.25) is 0 Å². The first-order valence-electron chi connectivity index (χ1n) is 7.10. The monoisotopic (exact) mass is 315 g/mol. The van der Waals surface area contributed by atoms with E-state index in [9.17, 15) is 10.1 Å². The van der Waals surface area contributed by atoms with Crippen LogP contribution in [0.4, 0.5) is 0 Å². The summed E-state index contributed by atoms with van der Waals surface area (Å²) in [5, 5.41) is 18.2. The van der Waals surface area contributed by atoms with Gasteiger partial charge in [-0.2, -0.15) is 5.26 Å². The zero-order valence-corrected chi connectivity index (χ0v) is 13.3. The van der Waals surface area contributed by atoms with Gasteiger partial charge in [0, 0.05) is 6.54 Å². The number of carboxylic acid groups (broad SMARTS) is 1. The van der Waals surface area contributed by atoms with E-state index >= 15 is 0 Å². The Morgan fingerprint density at radius 2 is 2.22 bits per heavy atom. The minimum atomic E-state index is -1.05. The molecule has 1 aromatic rings. The van der Waals surface area contributed by atoms with Crippen LogP contribution in [-0.4, -0.2) is 43.2 Å². The molecule has 0 bridgehead atoms. The second-order valence-electron chi connectivity index (χ2n) is 5.12. The molecule has 6 heteroatoms. The van der Waals surface area contributed by atoms with Gasteiger partial charge in [-0.25, -0.2) is 4.79 Å². The van der Waals surface area contributed by atoms with Crippen LogP contribution in [0.3, 0.4) is 0 Å². The molecule has 1 rings (SSSR count). The fourth-order valence-electron chi connectivity index (χ4n) is 1.81. The van der Waals surface area contributed by atoms with E-state index in [-0.39, 0.29) is 5.57 Å². The van der Waals surface area contributed by atoms with Crippen molar-refractivity contribution in [2.75, 3.05) is 27.2 Å². The summed E-state index contributed by atoms with van der Waals surface area (Å²) in [6, 6.07) is 7.35. The molecule has 6 nitrogen and oxygen atoms in total. The van der Waals surface area contributed by atoms with Gasteiger partial charge in [0.15, 0.2) is 0 Å². The maximum Gasteiger partial charge on any atom is 0.335 e. The Morgan fingerprint density at radius 1 is 1.48 bits per heavy atom. The van der Waals surface area contributed by atoms with E-state index in [0.29, 0.717) is 24.3 Å². The molecule has 0 saturated heterocycles. The average molecular weight is 315 g/mol. The summed E-state index contributed by atoms with van der Waals surface area (Å²) < 4.78 is 5.59. The van der Waals surface area contributed by atoms with Crippen molar-refractivity contribution >= 4 is 5.97 Å². The van der Waals surface area contributed by atoms with Crippen LogP contribution >= 0.6 is 0 Å². The summed E-state index contributed by atoms with van der Waals surface area (Å²) >= 11 is 0. The van der Waals surface area contributed by atoms with Crippen molar-refractivity contribution in [2.24, 2.45) is 5.73 Å². The molecule has 0 aliphatic rings. The summed E-state index contributed by atoms with van der Waals surface area (Å²) in [5.74, 6) is -0.516. The molecule has 3 N–H and O–H groups in total. The third kappa shape index (κ3) is 6.24. The summed E-state index contributed by atoms with van der Waals surface area (Å²) in [5.41, 5.74) is 6.59. The van der Waals surface area contributed by atoms with Crippen molar-refractivity contribution < 1.29 is 14.6 Å². The number of carbonyl (C=O) groups is 1. The molecule has 0 heterocycles. The molecule has 122 valence electrons. The largest absolute Gasteiger partial charge is 0.491 e. The molecule has 0 amide bonds. The Balaban J connectivity index is 2.85. The summed E-state index contributed by atoms with van der Waals surface area (Å²) in [6.07, 6.45) is 4.45. The van der Waals surface area contributed by atoms with Gasteiger partial charge < -0.3 is 20.5 Å². The second kappa shape index (κ2) is 9.28. The zero-order chi connectivity index (χ0) is 17.2. The SMILES string of the molecule is CN(C)CCOc1ccc(C/C=C(\C=C/N)C(=O)O)cc1C#N. The Hall–Kier alpha value is -2.78. The molecule has 23 heavy (non-hydrogen) atoms. The van der Waals surface area contributed by atoms with Gasteiger partial charge in [-0.05, 0) is 50.5 Å². The number of nitrogens with zero attached hydrogens (tertiary/aromatic N) is 2. The number of rotatable bonds is 8. The van der Waals surface area contributed by atoms with E-state index < -0.39 is 5.97 Å². The molecule has 0 fully saturated rings. The summed E-state index contributed by atoms with van der Waals surface area (Å²) in [6.45, 7) is 1.24. The first-order chi connectivity index (χ1) is 11.0.